The monoisotopic (exact) mass is 190 g/mol. The predicted octanol–water partition coefficient (Wildman–Crippen LogP) is 1.60. The smallest absolute Gasteiger partial charge is 0.345 e. The zero-order chi connectivity index (χ0) is 6.85. The van der Waals surface area contributed by atoms with E-state index in [0.717, 1.165) is 6.42 Å². The highest BCUT2D eigenvalue weighted by molar-refractivity contribution is 9.12. The lowest BCUT2D eigenvalue weighted by Crippen LogP contribution is -2.18. The lowest BCUT2D eigenvalue weighted by atomic mass is 10.2. The molecule has 0 aromatic heterocycles. The molecule has 0 spiro atoms. The van der Waals surface area contributed by atoms with E-state index in [0.29, 0.717) is 4.48 Å². The van der Waals surface area contributed by atoms with Crippen LogP contribution in [0.1, 0.15) is 13.3 Å². The maximum Gasteiger partial charge on any atom is 0.345 e. The van der Waals surface area contributed by atoms with Crippen LogP contribution in [0.3, 0.4) is 0 Å². The molecule has 1 aliphatic heterocycles. The molecule has 0 aromatic rings. The fraction of sp³-hybridized carbons (Fsp3) is 0.500. The Morgan fingerprint density at radius 1 is 1.89 bits per heavy atom. The minimum atomic E-state index is -0.256. The van der Waals surface area contributed by atoms with Crippen LogP contribution in [0.5, 0.6) is 0 Å². The molecular weight excluding hydrogens is 184 g/mol. The molecule has 1 heterocycles. The average Bonchev–Trinajstić information content (AvgIpc) is 1.80. The number of carbonyl (C=O) groups excluding carboxylic acids is 1. The van der Waals surface area contributed by atoms with Crippen molar-refractivity contribution in [2.75, 3.05) is 0 Å². The van der Waals surface area contributed by atoms with E-state index in [1.807, 2.05) is 13.0 Å². The molecule has 3 heteroatoms. The lowest BCUT2D eigenvalue weighted by Gasteiger charge is -2.15. The molecular formula is C6H7BrO2. The van der Waals surface area contributed by atoms with Crippen molar-refractivity contribution in [2.24, 2.45) is 0 Å². The van der Waals surface area contributed by atoms with E-state index in [-0.39, 0.29) is 12.1 Å². The number of hydrogen-bond donors (Lipinski definition) is 0. The van der Waals surface area contributed by atoms with Gasteiger partial charge in [-0.15, -0.1) is 0 Å². The zero-order valence-corrected chi connectivity index (χ0v) is 6.64. The van der Waals surface area contributed by atoms with Crippen LogP contribution in [0.4, 0.5) is 0 Å². The van der Waals surface area contributed by atoms with Crippen molar-refractivity contribution in [2.45, 2.75) is 19.4 Å². The molecule has 0 amide bonds. The first kappa shape index (κ1) is 6.81. The summed E-state index contributed by atoms with van der Waals surface area (Å²) in [5.74, 6) is -0.256. The molecule has 1 atom stereocenters. The van der Waals surface area contributed by atoms with E-state index in [2.05, 4.69) is 15.9 Å². The zero-order valence-electron chi connectivity index (χ0n) is 5.06. The van der Waals surface area contributed by atoms with E-state index < -0.39 is 0 Å². The second-order valence-electron chi connectivity index (χ2n) is 2.00. The highest BCUT2D eigenvalue weighted by atomic mass is 79.9. The Morgan fingerprint density at radius 2 is 2.56 bits per heavy atom. The number of ether oxygens (including phenoxy) is 1. The molecule has 1 rings (SSSR count). The fourth-order valence-corrected chi connectivity index (χ4v) is 0.920. The van der Waals surface area contributed by atoms with Gasteiger partial charge in [-0.3, -0.25) is 0 Å². The van der Waals surface area contributed by atoms with Crippen molar-refractivity contribution in [1.82, 2.24) is 0 Å². The molecule has 0 saturated carbocycles. The third-order valence-corrected chi connectivity index (χ3v) is 1.78. The van der Waals surface area contributed by atoms with E-state index in [1.165, 1.54) is 0 Å². The van der Waals surface area contributed by atoms with Crippen molar-refractivity contribution in [3.63, 3.8) is 0 Å². The fourth-order valence-electron chi connectivity index (χ4n) is 0.640. The van der Waals surface area contributed by atoms with E-state index in [9.17, 15) is 4.79 Å². The summed E-state index contributed by atoms with van der Waals surface area (Å²) >= 11 is 3.07. The molecule has 0 fully saturated rings. The normalized spacial score (nSPS) is 27.1. The maximum absolute atomic E-state index is 10.7. The molecule has 0 bridgehead atoms. The predicted molar refractivity (Wildman–Crippen MR) is 37.2 cm³/mol. The van der Waals surface area contributed by atoms with E-state index in [4.69, 9.17) is 4.74 Å². The Labute approximate surface area is 62.0 Å². The van der Waals surface area contributed by atoms with Gasteiger partial charge in [0.05, 0.1) is 4.48 Å². The quantitative estimate of drug-likeness (QED) is 0.543. The van der Waals surface area contributed by atoms with Crippen LogP contribution in [0.15, 0.2) is 10.6 Å². The van der Waals surface area contributed by atoms with Gasteiger partial charge in [0.2, 0.25) is 0 Å². The molecule has 0 aliphatic carbocycles. The summed E-state index contributed by atoms with van der Waals surface area (Å²) < 4.78 is 5.39. The minimum Gasteiger partial charge on any atom is -0.458 e. The number of cyclic esters (lactones) is 1. The third-order valence-electron chi connectivity index (χ3n) is 1.13. The number of halogens is 1. The third kappa shape index (κ3) is 1.55. The van der Waals surface area contributed by atoms with Crippen LogP contribution in [0.2, 0.25) is 0 Å². The van der Waals surface area contributed by atoms with Gasteiger partial charge in [-0.1, -0.05) is 6.08 Å². The summed E-state index contributed by atoms with van der Waals surface area (Å²) in [6.07, 6.45) is 2.68. The van der Waals surface area contributed by atoms with Gasteiger partial charge in [0.25, 0.3) is 0 Å². The maximum atomic E-state index is 10.7. The van der Waals surface area contributed by atoms with Crippen molar-refractivity contribution in [3.05, 3.63) is 10.6 Å². The van der Waals surface area contributed by atoms with Crippen LogP contribution < -0.4 is 0 Å². The van der Waals surface area contributed by atoms with Gasteiger partial charge in [0.1, 0.15) is 6.10 Å². The SMILES string of the molecule is CC1CC=C(Br)C(=O)O1. The van der Waals surface area contributed by atoms with Crippen LogP contribution >= 0.6 is 15.9 Å². The molecule has 1 aliphatic rings. The van der Waals surface area contributed by atoms with Gasteiger partial charge < -0.3 is 4.74 Å². The van der Waals surface area contributed by atoms with Gasteiger partial charge in [-0.2, -0.15) is 0 Å². The van der Waals surface area contributed by atoms with E-state index >= 15 is 0 Å². The van der Waals surface area contributed by atoms with Gasteiger partial charge in [-0.05, 0) is 22.9 Å². The Bertz CT molecular complexity index is 162. The lowest BCUT2D eigenvalue weighted by molar-refractivity contribution is -0.143. The van der Waals surface area contributed by atoms with Crippen LogP contribution in [0, 0.1) is 0 Å². The molecule has 9 heavy (non-hydrogen) atoms. The number of hydrogen-bond acceptors (Lipinski definition) is 2. The molecule has 0 saturated heterocycles. The molecule has 50 valence electrons. The van der Waals surface area contributed by atoms with Crippen LogP contribution in [-0.2, 0) is 9.53 Å². The molecule has 1 unspecified atom stereocenters. The Kier molecular flexibility index (Phi) is 1.90. The van der Waals surface area contributed by atoms with Gasteiger partial charge in [0.15, 0.2) is 0 Å². The molecule has 0 N–H and O–H groups in total. The van der Waals surface area contributed by atoms with Gasteiger partial charge in [0, 0.05) is 6.42 Å². The number of carbonyl (C=O) groups is 1. The number of esters is 1. The summed E-state index contributed by atoms with van der Waals surface area (Å²) in [5.41, 5.74) is 0. The molecule has 0 radical (unpaired) electrons. The second kappa shape index (κ2) is 2.52. The highest BCUT2D eigenvalue weighted by Crippen LogP contribution is 2.17. The Balaban J connectivity index is 2.68. The summed E-state index contributed by atoms with van der Waals surface area (Å²) in [5, 5.41) is 0. The molecule has 0 aromatic carbocycles. The summed E-state index contributed by atoms with van der Waals surface area (Å²) in [6, 6.07) is 0. The standard InChI is InChI=1S/C6H7BrO2/c1-4-2-3-5(7)6(8)9-4/h3-4H,2H2,1H3. The van der Waals surface area contributed by atoms with Crippen LogP contribution in [0.25, 0.3) is 0 Å². The van der Waals surface area contributed by atoms with Crippen LogP contribution in [-0.4, -0.2) is 12.1 Å². The van der Waals surface area contributed by atoms with Crippen molar-refractivity contribution < 1.29 is 9.53 Å². The summed E-state index contributed by atoms with van der Waals surface area (Å²) in [6.45, 7) is 1.87. The summed E-state index contributed by atoms with van der Waals surface area (Å²) in [4.78, 5) is 10.7. The van der Waals surface area contributed by atoms with Gasteiger partial charge in [-0.25, -0.2) is 4.79 Å². The van der Waals surface area contributed by atoms with Crippen molar-refractivity contribution >= 4 is 21.9 Å². The number of rotatable bonds is 0. The molecule has 2 nitrogen and oxygen atoms in total. The van der Waals surface area contributed by atoms with E-state index in [1.54, 1.807) is 0 Å². The second-order valence-corrected chi connectivity index (χ2v) is 2.86. The van der Waals surface area contributed by atoms with Crippen molar-refractivity contribution in [3.8, 4) is 0 Å². The van der Waals surface area contributed by atoms with Crippen molar-refractivity contribution in [1.29, 1.82) is 0 Å². The highest BCUT2D eigenvalue weighted by Gasteiger charge is 2.16. The largest absolute Gasteiger partial charge is 0.458 e. The average molecular weight is 191 g/mol. The first-order valence-corrected chi connectivity index (χ1v) is 3.56. The Hall–Kier alpha value is -0.310. The Morgan fingerprint density at radius 3 is 3.00 bits per heavy atom. The first-order chi connectivity index (χ1) is 4.20. The topological polar surface area (TPSA) is 26.3 Å². The summed E-state index contributed by atoms with van der Waals surface area (Å²) in [7, 11) is 0. The minimum absolute atomic E-state index is 0.0406. The van der Waals surface area contributed by atoms with Gasteiger partial charge >= 0.3 is 5.97 Å². The first-order valence-electron chi connectivity index (χ1n) is 2.77.